The molecule has 3 nitrogen and oxygen atoms in total. The van der Waals surface area contributed by atoms with E-state index in [1.807, 2.05) is 6.92 Å². The molecule has 0 spiro atoms. The molecule has 0 unspecified atom stereocenters. The highest BCUT2D eigenvalue weighted by Crippen LogP contribution is 2.17. The summed E-state index contributed by atoms with van der Waals surface area (Å²) in [5, 5.41) is 6.49. The van der Waals surface area contributed by atoms with Crippen molar-refractivity contribution in [1.29, 1.82) is 0 Å². The Labute approximate surface area is 64.1 Å². The first-order valence-electron chi connectivity index (χ1n) is 3.51. The summed E-state index contributed by atoms with van der Waals surface area (Å²) >= 11 is 0. The van der Waals surface area contributed by atoms with Gasteiger partial charge in [0.2, 0.25) is 5.78 Å². The normalized spacial score (nSPS) is 16.1. The number of fused-ring (bicyclic) bond motifs is 1. The zero-order valence-corrected chi connectivity index (χ0v) is 6.22. The van der Waals surface area contributed by atoms with Gasteiger partial charge in [0.1, 0.15) is 5.69 Å². The predicted molar refractivity (Wildman–Crippen MR) is 40.4 cm³/mol. The zero-order valence-electron chi connectivity index (χ0n) is 6.22. The molecule has 1 aliphatic rings. The summed E-state index contributed by atoms with van der Waals surface area (Å²) in [4.78, 5) is 11.2. The van der Waals surface area contributed by atoms with Crippen molar-refractivity contribution in [1.82, 2.24) is 10.2 Å². The Morgan fingerprint density at radius 1 is 1.64 bits per heavy atom. The summed E-state index contributed by atoms with van der Waals surface area (Å²) in [7, 11) is 0. The number of allylic oxidation sites excluding steroid dienone is 2. The van der Waals surface area contributed by atoms with Crippen molar-refractivity contribution in [2.24, 2.45) is 0 Å². The summed E-state index contributed by atoms with van der Waals surface area (Å²) in [6, 6.07) is 0. The van der Waals surface area contributed by atoms with Crippen LogP contribution < -0.4 is 0 Å². The van der Waals surface area contributed by atoms with Gasteiger partial charge in [-0.25, -0.2) is 0 Å². The first kappa shape index (κ1) is 6.34. The summed E-state index contributed by atoms with van der Waals surface area (Å²) in [5.41, 5.74) is 2.76. The number of ketones is 1. The van der Waals surface area contributed by atoms with Crippen LogP contribution in [0, 0.1) is 0 Å². The molecular weight excluding hydrogens is 140 g/mol. The van der Waals surface area contributed by atoms with E-state index in [9.17, 15) is 4.79 Å². The van der Waals surface area contributed by atoms with Gasteiger partial charge in [-0.15, -0.1) is 0 Å². The van der Waals surface area contributed by atoms with Crippen LogP contribution in [0.15, 0.2) is 17.8 Å². The van der Waals surface area contributed by atoms with Crippen LogP contribution in [0.3, 0.4) is 0 Å². The van der Waals surface area contributed by atoms with E-state index in [1.165, 1.54) is 0 Å². The van der Waals surface area contributed by atoms with Crippen molar-refractivity contribution < 1.29 is 4.79 Å². The molecule has 3 heteroatoms. The second-order valence-corrected chi connectivity index (χ2v) is 2.80. The molecule has 0 bridgehead atoms. The highest BCUT2D eigenvalue weighted by molar-refractivity contribution is 6.05. The molecule has 0 fully saturated rings. The molecule has 0 aliphatic heterocycles. The molecule has 1 aliphatic carbocycles. The maximum atomic E-state index is 11.2. The van der Waals surface area contributed by atoms with Gasteiger partial charge in [0, 0.05) is 5.56 Å². The Kier molecular flexibility index (Phi) is 1.18. The van der Waals surface area contributed by atoms with Gasteiger partial charge in [0.15, 0.2) is 0 Å². The Balaban J connectivity index is 2.54. The molecule has 2 rings (SSSR count). The van der Waals surface area contributed by atoms with E-state index in [0.717, 1.165) is 17.6 Å². The topological polar surface area (TPSA) is 45.8 Å². The summed E-state index contributed by atoms with van der Waals surface area (Å²) in [6.07, 6.45) is 4.21. The third kappa shape index (κ3) is 0.888. The van der Waals surface area contributed by atoms with Crippen LogP contribution in [0.1, 0.15) is 23.0 Å². The van der Waals surface area contributed by atoms with Gasteiger partial charge >= 0.3 is 0 Å². The van der Waals surface area contributed by atoms with Gasteiger partial charge in [-0.1, -0.05) is 5.57 Å². The number of aromatic amines is 1. The van der Waals surface area contributed by atoms with Gasteiger partial charge in [0.25, 0.3) is 0 Å². The SMILES string of the molecule is CC1=CC(=O)c2[nH]ncc2C1. The highest BCUT2D eigenvalue weighted by Gasteiger charge is 2.16. The quantitative estimate of drug-likeness (QED) is 0.598. The molecule has 0 aromatic carbocycles. The lowest BCUT2D eigenvalue weighted by atomic mass is 9.98. The Bertz CT molecular complexity index is 336. The van der Waals surface area contributed by atoms with E-state index < -0.39 is 0 Å². The minimum Gasteiger partial charge on any atom is -0.288 e. The number of hydrogen-bond acceptors (Lipinski definition) is 2. The fourth-order valence-electron chi connectivity index (χ4n) is 1.31. The van der Waals surface area contributed by atoms with E-state index in [2.05, 4.69) is 10.2 Å². The van der Waals surface area contributed by atoms with E-state index in [4.69, 9.17) is 0 Å². The summed E-state index contributed by atoms with van der Waals surface area (Å²) < 4.78 is 0. The van der Waals surface area contributed by atoms with Crippen molar-refractivity contribution >= 4 is 5.78 Å². The average Bonchev–Trinajstić information content (AvgIpc) is 2.34. The van der Waals surface area contributed by atoms with Crippen molar-refractivity contribution in [3.05, 3.63) is 29.1 Å². The van der Waals surface area contributed by atoms with Gasteiger partial charge in [-0.2, -0.15) is 5.10 Å². The molecule has 1 aromatic rings. The van der Waals surface area contributed by atoms with Gasteiger partial charge in [0.05, 0.1) is 6.20 Å². The van der Waals surface area contributed by atoms with Gasteiger partial charge in [-0.05, 0) is 19.4 Å². The van der Waals surface area contributed by atoms with Crippen molar-refractivity contribution in [3.63, 3.8) is 0 Å². The smallest absolute Gasteiger partial charge is 0.203 e. The maximum Gasteiger partial charge on any atom is 0.203 e. The van der Waals surface area contributed by atoms with Gasteiger partial charge in [-0.3, -0.25) is 9.89 Å². The Hall–Kier alpha value is -1.38. The van der Waals surface area contributed by atoms with Crippen LogP contribution in [0.4, 0.5) is 0 Å². The first-order valence-corrected chi connectivity index (χ1v) is 3.51. The van der Waals surface area contributed by atoms with E-state index >= 15 is 0 Å². The third-order valence-corrected chi connectivity index (χ3v) is 1.81. The lowest BCUT2D eigenvalue weighted by Crippen LogP contribution is -2.06. The Morgan fingerprint density at radius 3 is 3.27 bits per heavy atom. The molecule has 0 saturated carbocycles. The van der Waals surface area contributed by atoms with E-state index in [-0.39, 0.29) is 5.78 Å². The minimum atomic E-state index is 0.0428. The monoisotopic (exact) mass is 148 g/mol. The zero-order chi connectivity index (χ0) is 7.84. The van der Waals surface area contributed by atoms with Crippen LogP contribution in [0.5, 0.6) is 0 Å². The maximum absolute atomic E-state index is 11.2. The minimum absolute atomic E-state index is 0.0428. The molecule has 0 atom stereocenters. The standard InChI is InChI=1S/C8H8N2O/c1-5-2-6-4-9-10-8(6)7(11)3-5/h3-4H,2H2,1H3,(H,9,10). The highest BCUT2D eigenvalue weighted by atomic mass is 16.1. The molecular formula is C8H8N2O. The number of rotatable bonds is 0. The van der Waals surface area contributed by atoms with Gasteiger partial charge < -0.3 is 0 Å². The van der Waals surface area contributed by atoms with Crippen LogP contribution in [-0.2, 0) is 6.42 Å². The second-order valence-electron chi connectivity index (χ2n) is 2.80. The first-order chi connectivity index (χ1) is 5.27. The van der Waals surface area contributed by atoms with Crippen LogP contribution in [0.25, 0.3) is 0 Å². The number of H-pyrrole nitrogens is 1. The van der Waals surface area contributed by atoms with Crippen molar-refractivity contribution in [2.45, 2.75) is 13.3 Å². The fraction of sp³-hybridized carbons (Fsp3) is 0.250. The number of carbonyl (C=O) groups excluding carboxylic acids is 1. The van der Waals surface area contributed by atoms with Crippen molar-refractivity contribution in [3.8, 4) is 0 Å². The molecule has 11 heavy (non-hydrogen) atoms. The molecule has 56 valence electrons. The molecule has 1 heterocycles. The predicted octanol–water partition coefficient (Wildman–Crippen LogP) is 1.09. The molecule has 1 N–H and O–H groups in total. The van der Waals surface area contributed by atoms with E-state index in [0.29, 0.717) is 5.69 Å². The fourth-order valence-corrected chi connectivity index (χ4v) is 1.31. The lowest BCUT2D eigenvalue weighted by Gasteiger charge is -2.06. The summed E-state index contributed by atoms with van der Waals surface area (Å²) in [5.74, 6) is 0.0428. The second kappa shape index (κ2) is 2.05. The van der Waals surface area contributed by atoms with Crippen LogP contribution >= 0.6 is 0 Å². The molecule has 0 amide bonds. The number of aromatic nitrogens is 2. The van der Waals surface area contributed by atoms with Crippen LogP contribution in [-0.4, -0.2) is 16.0 Å². The molecule has 1 aromatic heterocycles. The van der Waals surface area contributed by atoms with Crippen LogP contribution in [0.2, 0.25) is 0 Å². The van der Waals surface area contributed by atoms with E-state index in [1.54, 1.807) is 12.3 Å². The number of nitrogens with one attached hydrogen (secondary N) is 1. The number of nitrogens with zero attached hydrogens (tertiary/aromatic N) is 1. The lowest BCUT2D eigenvalue weighted by molar-refractivity contribution is 0.103. The average molecular weight is 148 g/mol. The Morgan fingerprint density at radius 2 is 2.45 bits per heavy atom. The number of carbonyl (C=O) groups is 1. The molecule has 0 radical (unpaired) electrons. The largest absolute Gasteiger partial charge is 0.288 e. The third-order valence-electron chi connectivity index (χ3n) is 1.81. The van der Waals surface area contributed by atoms with Crippen molar-refractivity contribution in [2.75, 3.05) is 0 Å². The summed E-state index contributed by atoms with van der Waals surface area (Å²) in [6.45, 7) is 1.95. The number of hydrogen-bond donors (Lipinski definition) is 1. The molecule has 0 saturated heterocycles.